The van der Waals surface area contributed by atoms with Crippen molar-refractivity contribution in [2.24, 2.45) is 0 Å². The summed E-state index contributed by atoms with van der Waals surface area (Å²) in [6.45, 7) is 3.77. The van der Waals surface area contributed by atoms with Crippen LogP contribution in [-0.2, 0) is 9.47 Å². The molecule has 0 amide bonds. The van der Waals surface area contributed by atoms with Crippen LogP contribution < -0.4 is 0 Å². The van der Waals surface area contributed by atoms with E-state index in [-0.39, 0.29) is 11.1 Å². The maximum Gasteiger partial charge on any atom is 0.168 e. The monoisotopic (exact) mass is 250 g/mol. The summed E-state index contributed by atoms with van der Waals surface area (Å²) in [5.74, 6) is -0.231. The third-order valence-electron chi connectivity index (χ3n) is 4.42. The standard InChI is InChI=1S/C15H27BO2/c1-14(16)8-4-2-6-10-15(17-12-13-18-15)11-7-3-5-9-14/h2-13H2,1H3. The lowest BCUT2D eigenvalue weighted by molar-refractivity contribution is -0.168. The molecule has 1 saturated heterocycles. The molecule has 2 fully saturated rings. The Balaban J connectivity index is 1.85. The Morgan fingerprint density at radius 1 is 0.722 bits per heavy atom. The van der Waals surface area contributed by atoms with Gasteiger partial charge in [0.15, 0.2) is 5.79 Å². The molecule has 2 nitrogen and oxygen atoms in total. The summed E-state index contributed by atoms with van der Waals surface area (Å²) in [6.07, 6.45) is 11.8. The summed E-state index contributed by atoms with van der Waals surface area (Å²) >= 11 is 0. The molecule has 1 spiro atoms. The molecule has 1 aliphatic heterocycles. The fraction of sp³-hybridized carbons (Fsp3) is 1.00. The second-order valence-electron chi connectivity index (χ2n) is 6.38. The molecule has 1 heterocycles. The van der Waals surface area contributed by atoms with Crippen LogP contribution in [0.25, 0.3) is 0 Å². The number of hydrogen-bond donors (Lipinski definition) is 0. The number of rotatable bonds is 0. The van der Waals surface area contributed by atoms with Crippen LogP contribution in [0.15, 0.2) is 0 Å². The van der Waals surface area contributed by atoms with Crippen molar-refractivity contribution in [2.75, 3.05) is 13.2 Å². The summed E-state index contributed by atoms with van der Waals surface area (Å²) in [4.78, 5) is 0. The van der Waals surface area contributed by atoms with Gasteiger partial charge in [-0.3, -0.25) is 0 Å². The molecular formula is C15H27BO2. The molecule has 1 aliphatic carbocycles. The van der Waals surface area contributed by atoms with E-state index in [1.165, 1.54) is 38.5 Å². The van der Waals surface area contributed by atoms with E-state index in [9.17, 15) is 0 Å². The first kappa shape index (κ1) is 14.4. The molecule has 0 aromatic heterocycles. The van der Waals surface area contributed by atoms with Crippen molar-refractivity contribution in [3.05, 3.63) is 0 Å². The minimum atomic E-state index is -0.231. The lowest BCUT2D eigenvalue weighted by Gasteiger charge is -2.30. The van der Waals surface area contributed by atoms with E-state index in [1.807, 2.05) is 0 Å². The van der Waals surface area contributed by atoms with Gasteiger partial charge in [0.05, 0.1) is 21.1 Å². The van der Waals surface area contributed by atoms with Crippen molar-refractivity contribution in [2.45, 2.75) is 82.2 Å². The van der Waals surface area contributed by atoms with Gasteiger partial charge in [0, 0.05) is 12.8 Å². The minimum Gasteiger partial charge on any atom is -0.348 e. The SMILES string of the molecule is [B]C1(C)CCCCCC2(CCCCC1)OCCO2. The Kier molecular flexibility index (Phi) is 5.14. The smallest absolute Gasteiger partial charge is 0.168 e. The fourth-order valence-corrected chi connectivity index (χ4v) is 3.24. The summed E-state index contributed by atoms with van der Waals surface area (Å²) in [5, 5.41) is 0.0528. The first-order valence-electron chi connectivity index (χ1n) is 7.69. The van der Waals surface area contributed by atoms with Crippen LogP contribution in [0.4, 0.5) is 0 Å². The molecule has 0 atom stereocenters. The van der Waals surface area contributed by atoms with Gasteiger partial charge < -0.3 is 9.47 Å². The summed E-state index contributed by atoms with van der Waals surface area (Å²) in [7, 11) is 6.32. The maximum atomic E-state index is 6.32. The Morgan fingerprint density at radius 3 is 1.67 bits per heavy atom. The predicted molar refractivity (Wildman–Crippen MR) is 74.9 cm³/mol. The van der Waals surface area contributed by atoms with Crippen LogP contribution in [0.1, 0.15) is 71.1 Å². The Hall–Kier alpha value is -0.0151. The molecule has 0 unspecified atom stereocenters. The van der Waals surface area contributed by atoms with Gasteiger partial charge in [0.2, 0.25) is 0 Å². The van der Waals surface area contributed by atoms with Crippen molar-refractivity contribution in [1.29, 1.82) is 0 Å². The first-order chi connectivity index (χ1) is 8.62. The van der Waals surface area contributed by atoms with Crippen LogP contribution in [0.2, 0.25) is 5.31 Å². The predicted octanol–water partition coefficient (Wildman–Crippen LogP) is 3.99. The number of ether oxygens (including phenoxy) is 2. The maximum absolute atomic E-state index is 6.32. The summed E-state index contributed by atoms with van der Waals surface area (Å²) < 4.78 is 11.8. The largest absolute Gasteiger partial charge is 0.348 e. The molecule has 2 radical (unpaired) electrons. The molecule has 1 saturated carbocycles. The van der Waals surface area contributed by atoms with E-state index < -0.39 is 0 Å². The Morgan fingerprint density at radius 2 is 1.17 bits per heavy atom. The van der Waals surface area contributed by atoms with Crippen molar-refractivity contribution in [3.8, 4) is 0 Å². The average Bonchev–Trinajstić information content (AvgIpc) is 2.76. The third-order valence-corrected chi connectivity index (χ3v) is 4.42. The lowest BCUT2D eigenvalue weighted by Crippen LogP contribution is -2.30. The summed E-state index contributed by atoms with van der Waals surface area (Å²) in [5.41, 5.74) is 0. The van der Waals surface area contributed by atoms with E-state index in [0.717, 1.165) is 38.9 Å². The molecule has 0 N–H and O–H groups in total. The zero-order chi connectivity index (χ0) is 12.9. The molecule has 3 heteroatoms. The highest BCUT2D eigenvalue weighted by Crippen LogP contribution is 2.37. The van der Waals surface area contributed by atoms with Crippen molar-refractivity contribution in [3.63, 3.8) is 0 Å². The molecule has 0 bridgehead atoms. The van der Waals surface area contributed by atoms with Crippen molar-refractivity contribution >= 4 is 7.85 Å². The van der Waals surface area contributed by atoms with Crippen molar-refractivity contribution in [1.82, 2.24) is 0 Å². The second kappa shape index (κ2) is 6.43. The van der Waals surface area contributed by atoms with Gasteiger partial charge in [-0.1, -0.05) is 50.8 Å². The van der Waals surface area contributed by atoms with Crippen LogP contribution in [-0.4, -0.2) is 26.8 Å². The molecule has 2 aliphatic rings. The topological polar surface area (TPSA) is 18.5 Å². The first-order valence-corrected chi connectivity index (χ1v) is 7.69. The quantitative estimate of drug-likeness (QED) is 0.605. The van der Waals surface area contributed by atoms with Gasteiger partial charge in [-0.15, -0.1) is 0 Å². The minimum absolute atomic E-state index is 0.0528. The highest BCUT2D eigenvalue weighted by Gasteiger charge is 2.35. The summed E-state index contributed by atoms with van der Waals surface area (Å²) in [6, 6.07) is 0. The van der Waals surface area contributed by atoms with Gasteiger partial charge in [0.1, 0.15) is 0 Å². The van der Waals surface area contributed by atoms with E-state index in [4.69, 9.17) is 17.3 Å². The van der Waals surface area contributed by atoms with E-state index in [2.05, 4.69) is 6.92 Å². The van der Waals surface area contributed by atoms with Crippen LogP contribution in [0, 0.1) is 0 Å². The van der Waals surface area contributed by atoms with Gasteiger partial charge in [0.25, 0.3) is 0 Å². The molecular weight excluding hydrogens is 223 g/mol. The lowest BCUT2D eigenvalue weighted by atomic mass is 9.64. The molecule has 2 rings (SSSR count). The Bertz CT molecular complexity index is 229. The van der Waals surface area contributed by atoms with Gasteiger partial charge in [-0.05, 0) is 12.8 Å². The van der Waals surface area contributed by atoms with E-state index in [0.29, 0.717) is 0 Å². The zero-order valence-electron chi connectivity index (χ0n) is 11.9. The highest BCUT2D eigenvalue weighted by atomic mass is 16.7. The van der Waals surface area contributed by atoms with E-state index >= 15 is 0 Å². The third kappa shape index (κ3) is 4.27. The number of hydrogen-bond acceptors (Lipinski definition) is 2. The zero-order valence-corrected chi connectivity index (χ0v) is 11.9. The average molecular weight is 250 g/mol. The van der Waals surface area contributed by atoms with Crippen LogP contribution in [0.5, 0.6) is 0 Å². The van der Waals surface area contributed by atoms with Crippen LogP contribution >= 0.6 is 0 Å². The molecule has 0 aromatic rings. The molecule has 102 valence electrons. The van der Waals surface area contributed by atoms with Gasteiger partial charge >= 0.3 is 0 Å². The highest BCUT2D eigenvalue weighted by molar-refractivity contribution is 6.14. The van der Waals surface area contributed by atoms with Gasteiger partial charge in [-0.25, -0.2) is 0 Å². The van der Waals surface area contributed by atoms with E-state index in [1.54, 1.807) is 0 Å². The second-order valence-corrected chi connectivity index (χ2v) is 6.38. The normalized spacial score (nSPS) is 29.6. The molecule has 18 heavy (non-hydrogen) atoms. The molecule has 0 aromatic carbocycles. The van der Waals surface area contributed by atoms with Crippen LogP contribution in [0.3, 0.4) is 0 Å². The van der Waals surface area contributed by atoms with Crippen molar-refractivity contribution < 1.29 is 9.47 Å². The fourth-order valence-electron chi connectivity index (χ4n) is 3.24. The Labute approximate surface area is 113 Å². The van der Waals surface area contributed by atoms with Gasteiger partial charge in [-0.2, -0.15) is 0 Å².